The summed E-state index contributed by atoms with van der Waals surface area (Å²) >= 11 is 6.05. The Morgan fingerprint density at radius 3 is 2.24 bits per heavy atom. The number of hydrogen-bond donors (Lipinski definition) is 1. The number of nitrogens with zero attached hydrogens (tertiary/aromatic N) is 3. The molecule has 1 aliphatic rings. The Morgan fingerprint density at radius 2 is 1.53 bits per heavy atom. The smallest absolute Gasteiger partial charge is 0.162 e. The molecule has 0 saturated carbocycles. The van der Waals surface area contributed by atoms with Crippen LogP contribution in [0.1, 0.15) is 29.7 Å². The maximum atomic E-state index is 6.05. The molecule has 168 valence electrons. The zero-order valence-corrected chi connectivity index (χ0v) is 20.0. The lowest BCUT2D eigenvalue weighted by molar-refractivity contribution is 0.645. The average Bonchev–Trinajstić information content (AvgIpc) is 3.29. The van der Waals surface area contributed by atoms with Crippen molar-refractivity contribution in [3.63, 3.8) is 0 Å². The van der Waals surface area contributed by atoms with Crippen molar-refractivity contribution in [3.8, 4) is 22.5 Å². The Morgan fingerprint density at radius 1 is 0.853 bits per heavy atom. The van der Waals surface area contributed by atoms with Gasteiger partial charge in [-0.1, -0.05) is 90.6 Å². The summed E-state index contributed by atoms with van der Waals surface area (Å²) in [6.45, 7) is 3.05. The molecule has 0 amide bonds. The number of aromatic nitrogens is 3. The van der Waals surface area contributed by atoms with Gasteiger partial charge in [0.25, 0.3) is 0 Å². The highest BCUT2D eigenvalue weighted by Gasteiger charge is 2.29. The fourth-order valence-electron chi connectivity index (χ4n) is 4.99. The fraction of sp³-hybridized carbons (Fsp3) is 0.172. The number of hydrogen-bond acceptors (Lipinski definition) is 2. The van der Waals surface area contributed by atoms with Crippen molar-refractivity contribution in [1.82, 2.24) is 14.2 Å². The molecular weight excluding hydrogens is 436 g/mol. The molecule has 0 saturated heterocycles. The van der Waals surface area contributed by atoms with E-state index in [2.05, 4.69) is 100 Å². The van der Waals surface area contributed by atoms with Crippen molar-refractivity contribution < 1.29 is 0 Å². The molecule has 0 radical (unpaired) electrons. The predicted octanol–water partition coefficient (Wildman–Crippen LogP) is 6.90. The number of benzene rings is 3. The summed E-state index contributed by atoms with van der Waals surface area (Å²) in [5, 5.41) is 8.66. The van der Waals surface area contributed by atoms with E-state index in [1.165, 1.54) is 27.9 Å². The van der Waals surface area contributed by atoms with Crippen LogP contribution in [0.4, 0.5) is 5.69 Å². The van der Waals surface area contributed by atoms with E-state index in [0.29, 0.717) is 4.99 Å². The monoisotopic (exact) mass is 462 g/mol. The van der Waals surface area contributed by atoms with E-state index >= 15 is 0 Å². The lowest BCUT2D eigenvalue weighted by Gasteiger charge is -2.12. The summed E-state index contributed by atoms with van der Waals surface area (Å²) in [5.74, 6) is 0.998. The molecule has 3 aromatic carbocycles. The molecule has 3 heterocycles. The van der Waals surface area contributed by atoms with Crippen molar-refractivity contribution in [2.45, 2.75) is 32.7 Å². The standard InChI is InChI=1S/C29H26N4S/c1-20-15-17-23(18-16-20)30-28(34)26-25(21-10-4-2-5-11-21)24-14-8-9-19-32-27(31-33(26)29(24)32)22-12-6-3-7-13-22/h2-7,10-13,15-18H,8-9,14,19H2,1H3,(H,30,34). The zero-order chi connectivity index (χ0) is 23.1. The van der Waals surface area contributed by atoms with Crippen LogP contribution in [0.15, 0.2) is 84.9 Å². The number of anilines is 1. The summed E-state index contributed by atoms with van der Waals surface area (Å²) in [7, 11) is 0. The molecule has 0 spiro atoms. The van der Waals surface area contributed by atoms with Crippen LogP contribution < -0.4 is 5.32 Å². The normalized spacial score (nSPS) is 13.1. The van der Waals surface area contributed by atoms with Crippen LogP contribution in [0.25, 0.3) is 28.2 Å². The van der Waals surface area contributed by atoms with Gasteiger partial charge in [-0.15, -0.1) is 5.10 Å². The highest BCUT2D eigenvalue weighted by Crippen LogP contribution is 2.38. The maximum Gasteiger partial charge on any atom is 0.162 e. The summed E-state index contributed by atoms with van der Waals surface area (Å²) in [6, 6.07) is 29.4. The lowest BCUT2D eigenvalue weighted by Crippen LogP contribution is -2.15. The minimum atomic E-state index is 0.689. The van der Waals surface area contributed by atoms with Crippen molar-refractivity contribution in [3.05, 3.63) is 102 Å². The van der Waals surface area contributed by atoms with Gasteiger partial charge in [0.15, 0.2) is 5.82 Å². The molecule has 6 rings (SSSR count). The second kappa shape index (κ2) is 8.58. The van der Waals surface area contributed by atoms with Gasteiger partial charge in [-0.05, 0) is 43.9 Å². The second-order valence-corrected chi connectivity index (χ2v) is 9.33. The number of nitrogens with one attached hydrogen (secondary N) is 1. The van der Waals surface area contributed by atoms with Gasteiger partial charge in [0.2, 0.25) is 0 Å². The molecule has 4 nitrogen and oxygen atoms in total. The van der Waals surface area contributed by atoms with Gasteiger partial charge >= 0.3 is 0 Å². The van der Waals surface area contributed by atoms with Crippen LogP contribution in [0, 0.1) is 6.92 Å². The number of rotatable bonds is 4. The van der Waals surface area contributed by atoms with Crippen LogP contribution in [0.2, 0.25) is 0 Å². The summed E-state index contributed by atoms with van der Waals surface area (Å²) in [5.41, 5.74) is 9.18. The number of thiocarbonyl (C=S) groups is 1. The highest BCUT2D eigenvalue weighted by molar-refractivity contribution is 7.81. The highest BCUT2D eigenvalue weighted by atomic mass is 32.1. The van der Waals surface area contributed by atoms with Crippen molar-refractivity contribution in [2.24, 2.45) is 0 Å². The average molecular weight is 463 g/mol. The third-order valence-electron chi connectivity index (χ3n) is 6.60. The molecule has 2 aromatic heterocycles. The lowest BCUT2D eigenvalue weighted by atomic mass is 9.98. The van der Waals surface area contributed by atoms with E-state index in [1.54, 1.807) is 0 Å². The first-order chi connectivity index (χ1) is 16.7. The first-order valence-electron chi connectivity index (χ1n) is 11.8. The van der Waals surface area contributed by atoms with Gasteiger partial charge in [0.05, 0.1) is 0 Å². The van der Waals surface area contributed by atoms with Gasteiger partial charge in [-0.2, -0.15) is 0 Å². The Balaban J connectivity index is 1.60. The van der Waals surface area contributed by atoms with E-state index in [-0.39, 0.29) is 0 Å². The Labute approximate surface area is 204 Å². The van der Waals surface area contributed by atoms with Gasteiger partial charge in [-0.3, -0.25) is 0 Å². The second-order valence-electron chi connectivity index (χ2n) is 8.92. The molecule has 5 heteroatoms. The van der Waals surface area contributed by atoms with Crippen LogP contribution >= 0.6 is 12.2 Å². The fourth-order valence-corrected chi connectivity index (χ4v) is 5.30. The molecular formula is C29H26N4S. The van der Waals surface area contributed by atoms with Crippen LogP contribution in [0.3, 0.4) is 0 Å². The third-order valence-corrected chi connectivity index (χ3v) is 6.90. The molecule has 0 bridgehead atoms. The minimum absolute atomic E-state index is 0.689. The minimum Gasteiger partial charge on any atom is -0.345 e. The van der Waals surface area contributed by atoms with E-state index in [1.807, 2.05) is 6.07 Å². The molecule has 1 N–H and O–H groups in total. The molecule has 0 fully saturated rings. The van der Waals surface area contributed by atoms with Crippen LogP contribution in [-0.4, -0.2) is 19.2 Å². The number of aryl methyl sites for hydroxylation is 3. The molecule has 5 aromatic rings. The van der Waals surface area contributed by atoms with Crippen molar-refractivity contribution in [1.29, 1.82) is 0 Å². The molecule has 0 unspecified atom stereocenters. The van der Waals surface area contributed by atoms with Gasteiger partial charge in [0, 0.05) is 28.9 Å². The molecule has 1 aliphatic heterocycles. The quantitative estimate of drug-likeness (QED) is 0.295. The van der Waals surface area contributed by atoms with Crippen LogP contribution in [0.5, 0.6) is 0 Å². The molecule has 0 atom stereocenters. The van der Waals surface area contributed by atoms with Crippen LogP contribution in [-0.2, 0) is 13.0 Å². The van der Waals surface area contributed by atoms with Crippen molar-refractivity contribution in [2.75, 3.05) is 5.32 Å². The van der Waals surface area contributed by atoms with E-state index < -0.39 is 0 Å². The Kier molecular flexibility index (Phi) is 5.27. The first-order valence-corrected chi connectivity index (χ1v) is 12.2. The zero-order valence-electron chi connectivity index (χ0n) is 19.2. The van der Waals surface area contributed by atoms with Gasteiger partial charge in [0.1, 0.15) is 16.3 Å². The Hall–Kier alpha value is -3.70. The van der Waals surface area contributed by atoms with E-state index in [9.17, 15) is 0 Å². The summed E-state index contributed by atoms with van der Waals surface area (Å²) in [6.07, 6.45) is 3.30. The Bertz CT molecular complexity index is 1480. The molecule has 34 heavy (non-hydrogen) atoms. The maximum absolute atomic E-state index is 6.05. The van der Waals surface area contributed by atoms with Gasteiger partial charge in [-0.25, -0.2) is 4.52 Å². The SMILES string of the molecule is Cc1ccc(NC(=S)c2c(-c3ccccc3)c3c4n(c(-c5ccccc5)nn24)CCCC3)cc1. The molecule has 0 aliphatic carbocycles. The predicted molar refractivity (Wildman–Crippen MR) is 143 cm³/mol. The first kappa shape index (κ1) is 20.9. The topological polar surface area (TPSA) is 34.3 Å². The van der Waals surface area contributed by atoms with E-state index in [0.717, 1.165) is 48.6 Å². The van der Waals surface area contributed by atoms with Crippen molar-refractivity contribution >= 4 is 28.5 Å². The third kappa shape index (κ3) is 3.53. The largest absolute Gasteiger partial charge is 0.345 e. The summed E-state index contributed by atoms with van der Waals surface area (Å²) < 4.78 is 4.48. The van der Waals surface area contributed by atoms with E-state index in [4.69, 9.17) is 17.3 Å². The van der Waals surface area contributed by atoms with Gasteiger partial charge < -0.3 is 9.88 Å². The summed E-state index contributed by atoms with van der Waals surface area (Å²) in [4.78, 5) is 0.689.